The summed E-state index contributed by atoms with van der Waals surface area (Å²) in [6.45, 7) is 0. The Morgan fingerprint density at radius 2 is 2.15 bits per heavy atom. The van der Waals surface area contributed by atoms with E-state index in [2.05, 4.69) is 20.6 Å². The number of amides is 1. The van der Waals surface area contributed by atoms with E-state index in [9.17, 15) is 13.6 Å². The number of alkyl halides is 2. The van der Waals surface area contributed by atoms with E-state index in [1.807, 2.05) is 0 Å². The zero-order valence-electron chi connectivity index (χ0n) is 13.9. The molecule has 0 spiro atoms. The zero-order chi connectivity index (χ0) is 18.7. The van der Waals surface area contributed by atoms with Crippen LogP contribution in [0.25, 0.3) is 11.6 Å². The summed E-state index contributed by atoms with van der Waals surface area (Å²) in [4.78, 5) is 16.2. The fourth-order valence-corrected chi connectivity index (χ4v) is 2.31. The number of carbonyl (C=O) groups is 1. The Labute approximate surface area is 146 Å². The molecule has 26 heavy (non-hydrogen) atoms. The van der Waals surface area contributed by atoms with Crippen LogP contribution in [0.1, 0.15) is 17.9 Å². The monoisotopic (exact) mass is 363 g/mol. The lowest BCUT2D eigenvalue weighted by Crippen LogP contribution is -2.15. The van der Waals surface area contributed by atoms with Gasteiger partial charge in [-0.15, -0.1) is 0 Å². The molecule has 0 aliphatic rings. The first-order valence-corrected chi connectivity index (χ1v) is 7.56. The van der Waals surface area contributed by atoms with Crippen molar-refractivity contribution < 1.29 is 22.8 Å². The predicted octanol–water partition coefficient (Wildman–Crippen LogP) is 2.60. The molecule has 136 valence electrons. The number of hydrogen-bond donors (Lipinski definition) is 1. The summed E-state index contributed by atoms with van der Waals surface area (Å²) in [5.74, 6) is 0.267. The number of ether oxygens (including phenoxy) is 1. The summed E-state index contributed by atoms with van der Waals surface area (Å²) < 4.78 is 36.9. The maximum absolute atomic E-state index is 12.7. The van der Waals surface area contributed by atoms with Crippen LogP contribution in [0.15, 0.2) is 34.9 Å². The minimum absolute atomic E-state index is 0.00647. The topological polar surface area (TPSA) is 95.1 Å². The maximum Gasteiger partial charge on any atom is 0.282 e. The molecule has 2 aromatic heterocycles. The molecule has 0 bridgehead atoms. The van der Waals surface area contributed by atoms with Crippen molar-refractivity contribution in [3.63, 3.8) is 0 Å². The van der Waals surface area contributed by atoms with Crippen molar-refractivity contribution in [2.45, 2.75) is 12.8 Å². The first kappa shape index (κ1) is 17.5. The molecule has 3 aromatic rings. The van der Waals surface area contributed by atoms with E-state index in [0.717, 1.165) is 6.07 Å². The highest BCUT2D eigenvalue weighted by molar-refractivity contribution is 5.93. The van der Waals surface area contributed by atoms with Crippen LogP contribution < -0.4 is 10.1 Å². The first-order chi connectivity index (χ1) is 12.5. The second-order valence-corrected chi connectivity index (χ2v) is 5.32. The third-order valence-corrected chi connectivity index (χ3v) is 3.51. The van der Waals surface area contributed by atoms with E-state index in [4.69, 9.17) is 9.26 Å². The molecule has 8 nitrogen and oxygen atoms in total. The number of rotatable bonds is 6. The van der Waals surface area contributed by atoms with Gasteiger partial charge in [0.05, 0.1) is 19.2 Å². The molecule has 0 atom stereocenters. The van der Waals surface area contributed by atoms with Gasteiger partial charge in [0, 0.05) is 7.05 Å². The second kappa shape index (κ2) is 7.30. The van der Waals surface area contributed by atoms with Gasteiger partial charge in [-0.3, -0.25) is 9.48 Å². The summed E-state index contributed by atoms with van der Waals surface area (Å²) in [5.41, 5.74) is 0.359. The summed E-state index contributed by atoms with van der Waals surface area (Å²) in [6, 6.07) is 8.11. The highest BCUT2D eigenvalue weighted by Gasteiger charge is 2.20. The van der Waals surface area contributed by atoms with Gasteiger partial charge in [0.2, 0.25) is 5.91 Å². The Morgan fingerprint density at radius 1 is 1.38 bits per heavy atom. The van der Waals surface area contributed by atoms with Crippen molar-refractivity contribution in [1.82, 2.24) is 19.9 Å². The molecule has 0 aliphatic heterocycles. The Balaban J connectivity index is 1.71. The number of nitrogens with one attached hydrogen (secondary N) is 1. The standard InChI is InChI=1S/C16H15F2N5O3/c1-23-11(7-10(21-23)15(17)18)16-20-13(22-26-16)8-14(24)19-9-5-3-4-6-12(9)25-2/h3-7,15H,8H2,1-2H3,(H,19,24). The van der Waals surface area contributed by atoms with Crippen LogP contribution in [0.5, 0.6) is 5.75 Å². The Bertz CT molecular complexity index is 922. The maximum atomic E-state index is 12.7. The molecule has 0 saturated heterocycles. The van der Waals surface area contributed by atoms with Crippen molar-refractivity contribution in [3.8, 4) is 17.3 Å². The van der Waals surface area contributed by atoms with Crippen LogP contribution in [0, 0.1) is 0 Å². The number of anilines is 1. The Hall–Kier alpha value is -3.30. The molecule has 0 radical (unpaired) electrons. The number of benzene rings is 1. The number of halogens is 2. The van der Waals surface area contributed by atoms with E-state index < -0.39 is 12.1 Å². The molecule has 0 aliphatic carbocycles. The van der Waals surface area contributed by atoms with E-state index in [-0.39, 0.29) is 29.7 Å². The molecule has 0 saturated carbocycles. The highest BCUT2D eigenvalue weighted by atomic mass is 19.3. The van der Waals surface area contributed by atoms with E-state index in [1.54, 1.807) is 24.3 Å². The van der Waals surface area contributed by atoms with Crippen molar-refractivity contribution in [3.05, 3.63) is 41.9 Å². The first-order valence-electron chi connectivity index (χ1n) is 7.56. The van der Waals surface area contributed by atoms with Crippen molar-refractivity contribution >= 4 is 11.6 Å². The average molecular weight is 363 g/mol. The predicted molar refractivity (Wildman–Crippen MR) is 86.8 cm³/mol. The van der Waals surface area contributed by atoms with Gasteiger partial charge in [-0.1, -0.05) is 17.3 Å². The van der Waals surface area contributed by atoms with Gasteiger partial charge in [0.25, 0.3) is 12.3 Å². The number of aromatic nitrogens is 4. The Kier molecular flexibility index (Phi) is 4.92. The van der Waals surface area contributed by atoms with Crippen LogP contribution in [-0.2, 0) is 18.3 Å². The molecule has 1 amide bonds. The van der Waals surface area contributed by atoms with Crippen LogP contribution in [0.2, 0.25) is 0 Å². The summed E-state index contributed by atoms with van der Waals surface area (Å²) in [5, 5.41) is 10.1. The van der Waals surface area contributed by atoms with Crippen molar-refractivity contribution in [2.24, 2.45) is 7.05 Å². The molecular formula is C16H15F2N5O3. The number of nitrogens with zero attached hydrogens (tertiary/aromatic N) is 4. The molecule has 1 aromatic carbocycles. The second-order valence-electron chi connectivity index (χ2n) is 5.32. The van der Waals surface area contributed by atoms with Gasteiger partial charge < -0.3 is 14.6 Å². The fraction of sp³-hybridized carbons (Fsp3) is 0.250. The lowest BCUT2D eigenvalue weighted by atomic mass is 10.2. The molecule has 1 N–H and O–H groups in total. The van der Waals surface area contributed by atoms with Crippen LogP contribution >= 0.6 is 0 Å². The lowest BCUT2D eigenvalue weighted by Gasteiger charge is -2.08. The molecule has 0 unspecified atom stereocenters. The van der Waals surface area contributed by atoms with Crippen molar-refractivity contribution in [1.29, 1.82) is 0 Å². The van der Waals surface area contributed by atoms with Crippen LogP contribution in [0.4, 0.5) is 14.5 Å². The van der Waals surface area contributed by atoms with Crippen LogP contribution in [0.3, 0.4) is 0 Å². The number of carbonyl (C=O) groups excluding carboxylic acids is 1. The number of para-hydroxylation sites is 2. The Morgan fingerprint density at radius 3 is 2.85 bits per heavy atom. The molecule has 10 heteroatoms. The van der Waals surface area contributed by atoms with E-state index in [0.29, 0.717) is 11.4 Å². The van der Waals surface area contributed by atoms with Gasteiger partial charge in [0.15, 0.2) is 5.82 Å². The third kappa shape index (κ3) is 3.68. The molecular weight excluding hydrogens is 348 g/mol. The van der Waals surface area contributed by atoms with Gasteiger partial charge in [-0.25, -0.2) is 8.78 Å². The number of methoxy groups -OCH3 is 1. The fourth-order valence-electron chi connectivity index (χ4n) is 2.31. The van der Waals surface area contributed by atoms with E-state index in [1.165, 1.54) is 18.8 Å². The van der Waals surface area contributed by atoms with Gasteiger partial charge >= 0.3 is 0 Å². The van der Waals surface area contributed by atoms with E-state index >= 15 is 0 Å². The third-order valence-electron chi connectivity index (χ3n) is 3.51. The molecule has 2 heterocycles. The largest absolute Gasteiger partial charge is 0.495 e. The van der Waals surface area contributed by atoms with Gasteiger partial charge in [0.1, 0.15) is 17.1 Å². The number of hydrogen-bond acceptors (Lipinski definition) is 6. The highest BCUT2D eigenvalue weighted by Crippen LogP contribution is 2.25. The van der Waals surface area contributed by atoms with Gasteiger partial charge in [-0.2, -0.15) is 10.1 Å². The smallest absolute Gasteiger partial charge is 0.282 e. The average Bonchev–Trinajstić information content (AvgIpc) is 3.21. The SMILES string of the molecule is COc1ccccc1NC(=O)Cc1noc(-c2cc(C(F)F)nn2C)n1. The zero-order valence-corrected chi connectivity index (χ0v) is 13.9. The summed E-state index contributed by atoms with van der Waals surface area (Å²) >= 11 is 0. The van der Waals surface area contributed by atoms with Crippen LogP contribution in [-0.4, -0.2) is 32.9 Å². The lowest BCUT2D eigenvalue weighted by molar-refractivity contribution is -0.115. The minimum atomic E-state index is -2.70. The minimum Gasteiger partial charge on any atom is -0.495 e. The number of aryl methyl sites for hydroxylation is 1. The quantitative estimate of drug-likeness (QED) is 0.723. The molecule has 3 rings (SSSR count). The van der Waals surface area contributed by atoms with Crippen molar-refractivity contribution in [2.75, 3.05) is 12.4 Å². The van der Waals surface area contributed by atoms with Gasteiger partial charge in [-0.05, 0) is 18.2 Å². The summed E-state index contributed by atoms with van der Waals surface area (Å²) in [7, 11) is 2.98. The normalized spacial score (nSPS) is 11.0. The molecule has 0 fully saturated rings. The summed E-state index contributed by atoms with van der Waals surface area (Å²) in [6.07, 6.45) is -2.86.